The van der Waals surface area contributed by atoms with Crippen molar-refractivity contribution in [2.75, 3.05) is 13.2 Å². The summed E-state index contributed by atoms with van der Waals surface area (Å²) in [5.41, 5.74) is 1.33. The van der Waals surface area contributed by atoms with Gasteiger partial charge in [-0.05, 0) is 37.3 Å². The third-order valence-corrected chi connectivity index (χ3v) is 2.62. The number of aliphatic hydroxyl groups excluding tert-OH is 1. The zero-order valence-electron chi connectivity index (χ0n) is 10.8. The Labute approximate surface area is 115 Å². The number of halogens is 1. The Morgan fingerprint density at radius 1 is 1.37 bits per heavy atom. The third kappa shape index (κ3) is 3.79. The molecule has 1 aromatic heterocycles. The van der Waals surface area contributed by atoms with E-state index >= 15 is 0 Å². The normalized spacial score (nSPS) is 13.1. The molecule has 104 valence electrons. The van der Waals surface area contributed by atoms with Crippen LogP contribution in [-0.2, 0) is 4.74 Å². The van der Waals surface area contributed by atoms with Crippen LogP contribution in [0, 0.1) is 0 Å². The first-order valence-corrected chi connectivity index (χ1v) is 6.38. The molecule has 1 aromatic carbocycles. The van der Waals surface area contributed by atoms with Crippen LogP contribution in [0.3, 0.4) is 0 Å². The van der Waals surface area contributed by atoms with Crippen molar-refractivity contribution in [3.8, 4) is 0 Å². The van der Waals surface area contributed by atoms with Gasteiger partial charge in [-0.3, -0.25) is 0 Å². The van der Waals surface area contributed by atoms with E-state index in [-0.39, 0.29) is 19.3 Å². The van der Waals surface area contributed by atoms with Crippen molar-refractivity contribution in [3.05, 3.63) is 23.2 Å². The smallest absolute Gasteiger partial charge is 0.145 e. The maximum absolute atomic E-state index is 9.69. The second-order valence-corrected chi connectivity index (χ2v) is 4.86. The Hall–Kier alpha value is -1.37. The predicted molar refractivity (Wildman–Crippen MR) is 71.1 cm³/mol. The van der Waals surface area contributed by atoms with E-state index in [0.717, 1.165) is 0 Å². The highest BCUT2D eigenvalue weighted by Gasteiger charge is 2.10. The van der Waals surface area contributed by atoms with Gasteiger partial charge in [0.2, 0.25) is 0 Å². The molecular formula is C12H16ClN3O3. The standard InChI is InChI=1S/C12H16ClN3O3/c1-8(2)18-6-10(17)7-19-16-12-5-9(13)3-4-11(12)14-15-16/h3-5,8,10,17H,6-7H2,1-2H3. The first-order valence-electron chi connectivity index (χ1n) is 6.00. The highest BCUT2D eigenvalue weighted by atomic mass is 35.5. The molecule has 0 amide bonds. The molecule has 0 aliphatic carbocycles. The molecule has 1 N–H and O–H groups in total. The minimum absolute atomic E-state index is 0.0672. The van der Waals surface area contributed by atoms with Crippen molar-refractivity contribution in [2.24, 2.45) is 0 Å². The Kier molecular flexibility index (Phi) is 4.57. The number of hydrogen-bond acceptors (Lipinski definition) is 5. The van der Waals surface area contributed by atoms with Gasteiger partial charge in [-0.1, -0.05) is 16.4 Å². The quantitative estimate of drug-likeness (QED) is 0.866. The Morgan fingerprint density at radius 2 is 2.16 bits per heavy atom. The second-order valence-electron chi connectivity index (χ2n) is 4.43. The molecule has 2 aromatic rings. The van der Waals surface area contributed by atoms with E-state index in [1.54, 1.807) is 18.2 Å². The maximum atomic E-state index is 9.69. The van der Waals surface area contributed by atoms with Crippen LogP contribution in [0.1, 0.15) is 13.8 Å². The molecule has 0 saturated carbocycles. The molecule has 1 unspecified atom stereocenters. The lowest BCUT2D eigenvalue weighted by Gasteiger charge is -2.13. The first kappa shape index (κ1) is 14.0. The van der Waals surface area contributed by atoms with Gasteiger partial charge in [-0.25, -0.2) is 0 Å². The fourth-order valence-corrected chi connectivity index (χ4v) is 1.64. The van der Waals surface area contributed by atoms with Gasteiger partial charge in [0.25, 0.3) is 0 Å². The van der Waals surface area contributed by atoms with Crippen LogP contribution in [0.25, 0.3) is 11.0 Å². The summed E-state index contributed by atoms with van der Waals surface area (Å²) in [4.78, 5) is 6.61. The Balaban J connectivity index is 1.96. The molecule has 19 heavy (non-hydrogen) atoms. The molecule has 0 bridgehead atoms. The van der Waals surface area contributed by atoms with Crippen LogP contribution in [0.4, 0.5) is 0 Å². The van der Waals surface area contributed by atoms with Crippen molar-refractivity contribution in [2.45, 2.75) is 26.1 Å². The summed E-state index contributed by atoms with van der Waals surface area (Å²) in [6.45, 7) is 4.09. The molecular weight excluding hydrogens is 270 g/mol. The fraction of sp³-hybridized carbons (Fsp3) is 0.500. The van der Waals surface area contributed by atoms with Gasteiger partial charge in [0.15, 0.2) is 0 Å². The lowest BCUT2D eigenvalue weighted by molar-refractivity contribution is -0.0433. The Bertz CT molecular complexity index is 544. The number of hydrogen-bond donors (Lipinski definition) is 1. The van der Waals surface area contributed by atoms with Crippen LogP contribution in [0.15, 0.2) is 18.2 Å². The predicted octanol–water partition coefficient (Wildman–Crippen LogP) is 1.30. The van der Waals surface area contributed by atoms with Crippen LogP contribution in [0.5, 0.6) is 0 Å². The zero-order valence-corrected chi connectivity index (χ0v) is 11.5. The zero-order chi connectivity index (χ0) is 13.8. The molecule has 7 heteroatoms. The van der Waals surface area contributed by atoms with E-state index in [1.807, 2.05) is 13.8 Å². The van der Waals surface area contributed by atoms with E-state index in [0.29, 0.717) is 16.1 Å². The van der Waals surface area contributed by atoms with Gasteiger partial charge in [-0.15, -0.1) is 5.10 Å². The van der Waals surface area contributed by atoms with Gasteiger partial charge >= 0.3 is 0 Å². The first-order chi connectivity index (χ1) is 9.06. The van der Waals surface area contributed by atoms with E-state index in [2.05, 4.69) is 10.3 Å². The van der Waals surface area contributed by atoms with Gasteiger partial charge in [0.05, 0.1) is 12.7 Å². The SMILES string of the molecule is CC(C)OCC(O)COn1nnc2ccc(Cl)cc21. The molecule has 6 nitrogen and oxygen atoms in total. The summed E-state index contributed by atoms with van der Waals surface area (Å²) in [5, 5.41) is 18.0. The lowest BCUT2D eigenvalue weighted by Crippen LogP contribution is -2.29. The molecule has 0 aliphatic rings. The van der Waals surface area contributed by atoms with Crippen molar-refractivity contribution >= 4 is 22.6 Å². The molecule has 0 aliphatic heterocycles. The van der Waals surface area contributed by atoms with Gasteiger partial charge in [0, 0.05) is 5.02 Å². The molecule has 0 spiro atoms. The van der Waals surface area contributed by atoms with Crippen molar-refractivity contribution in [1.82, 2.24) is 15.2 Å². The second kappa shape index (κ2) is 6.18. The molecule has 0 saturated heterocycles. The van der Waals surface area contributed by atoms with Crippen LogP contribution < -0.4 is 4.84 Å². The lowest BCUT2D eigenvalue weighted by atomic mass is 10.3. The average molecular weight is 286 g/mol. The summed E-state index contributed by atoms with van der Waals surface area (Å²) < 4.78 is 5.28. The number of aliphatic hydroxyl groups is 1. The number of benzene rings is 1. The molecule has 0 fully saturated rings. The molecule has 1 atom stereocenters. The summed E-state index contributed by atoms with van der Waals surface area (Å²) in [6, 6.07) is 5.19. The maximum Gasteiger partial charge on any atom is 0.145 e. The van der Waals surface area contributed by atoms with E-state index in [9.17, 15) is 5.11 Å². The number of nitrogens with zero attached hydrogens (tertiary/aromatic N) is 3. The molecule has 0 radical (unpaired) electrons. The minimum atomic E-state index is -0.721. The van der Waals surface area contributed by atoms with Crippen LogP contribution in [-0.4, -0.2) is 45.7 Å². The van der Waals surface area contributed by atoms with Crippen molar-refractivity contribution in [1.29, 1.82) is 0 Å². The van der Waals surface area contributed by atoms with E-state index in [4.69, 9.17) is 21.2 Å². The highest BCUT2D eigenvalue weighted by Crippen LogP contribution is 2.16. The Morgan fingerprint density at radius 3 is 2.89 bits per heavy atom. The van der Waals surface area contributed by atoms with Crippen LogP contribution in [0.2, 0.25) is 5.02 Å². The molecule has 1 heterocycles. The minimum Gasteiger partial charge on any atom is -0.392 e. The van der Waals surface area contributed by atoms with Crippen molar-refractivity contribution in [3.63, 3.8) is 0 Å². The highest BCUT2D eigenvalue weighted by molar-refractivity contribution is 6.31. The number of aromatic nitrogens is 3. The van der Waals surface area contributed by atoms with Gasteiger partial charge < -0.3 is 14.7 Å². The van der Waals surface area contributed by atoms with Crippen LogP contribution >= 0.6 is 11.6 Å². The monoisotopic (exact) mass is 285 g/mol. The number of ether oxygens (including phenoxy) is 1. The molecule has 2 rings (SSSR count). The number of rotatable bonds is 6. The number of fused-ring (bicyclic) bond motifs is 1. The summed E-state index contributed by atoms with van der Waals surface area (Å²) >= 11 is 5.90. The van der Waals surface area contributed by atoms with Gasteiger partial charge in [0.1, 0.15) is 23.7 Å². The fourth-order valence-electron chi connectivity index (χ4n) is 1.47. The van der Waals surface area contributed by atoms with E-state index < -0.39 is 6.10 Å². The third-order valence-electron chi connectivity index (χ3n) is 2.39. The summed E-state index contributed by atoms with van der Waals surface area (Å²) in [5.74, 6) is 0. The largest absolute Gasteiger partial charge is 0.392 e. The van der Waals surface area contributed by atoms with E-state index in [1.165, 1.54) is 4.85 Å². The summed E-state index contributed by atoms with van der Waals surface area (Å²) in [6.07, 6.45) is -0.651. The average Bonchev–Trinajstić information content (AvgIpc) is 2.76. The van der Waals surface area contributed by atoms with Crippen molar-refractivity contribution < 1.29 is 14.7 Å². The topological polar surface area (TPSA) is 69.4 Å². The summed E-state index contributed by atoms with van der Waals surface area (Å²) in [7, 11) is 0. The van der Waals surface area contributed by atoms with Gasteiger partial charge in [-0.2, -0.15) is 0 Å².